The Morgan fingerprint density at radius 1 is 1.17 bits per heavy atom. The molecule has 4 nitrogen and oxygen atoms in total. The standard InChI is InChI=1S/C21H29ClF3N3O/c1-26-19(28-16-8-6-15(7-9-16)21(23,24)25)27-14-20(10-12-29-13-11-20)17-4-2-3-5-18(17)22/h2-5,15-16H,6-14H2,1H3,(H2,26,27,28). The highest BCUT2D eigenvalue weighted by Gasteiger charge is 2.41. The van der Waals surface area contributed by atoms with Crippen molar-refractivity contribution < 1.29 is 17.9 Å². The third kappa shape index (κ3) is 5.57. The highest BCUT2D eigenvalue weighted by molar-refractivity contribution is 6.31. The fraction of sp³-hybridized carbons (Fsp3) is 0.667. The van der Waals surface area contributed by atoms with Crippen LogP contribution in [-0.2, 0) is 10.2 Å². The molecular formula is C21H29ClF3N3O. The molecule has 1 aliphatic carbocycles. The highest BCUT2D eigenvalue weighted by Crippen LogP contribution is 2.39. The summed E-state index contributed by atoms with van der Waals surface area (Å²) in [5, 5.41) is 7.45. The molecule has 2 N–H and O–H groups in total. The average molecular weight is 432 g/mol. The zero-order valence-electron chi connectivity index (χ0n) is 16.7. The van der Waals surface area contributed by atoms with Gasteiger partial charge in [0.25, 0.3) is 0 Å². The summed E-state index contributed by atoms with van der Waals surface area (Å²) in [5.74, 6) is -0.556. The summed E-state index contributed by atoms with van der Waals surface area (Å²) in [6.07, 6.45) is -1.08. The second-order valence-corrected chi connectivity index (χ2v) is 8.44. The maximum absolute atomic E-state index is 12.9. The van der Waals surface area contributed by atoms with E-state index in [-0.39, 0.29) is 24.3 Å². The topological polar surface area (TPSA) is 45.7 Å². The van der Waals surface area contributed by atoms with Crippen LogP contribution in [0, 0.1) is 5.92 Å². The van der Waals surface area contributed by atoms with Gasteiger partial charge in [-0.3, -0.25) is 4.99 Å². The summed E-state index contributed by atoms with van der Waals surface area (Å²) in [7, 11) is 1.68. The summed E-state index contributed by atoms with van der Waals surface area (Å²) in [4.78, 5) is 4.29. The molecule has 0 aromatic heterocycles. The largest absolute Gasteiger partial charge is 0.391 e. The second kappa shape index (κ2) is 9.56. The van der Waals surface area contributed by atoms with Crippen LogP contribution in [0.25, 0.3) is 0 Å². The van der Waals surface area contributed by atoms with Crippen LogP contribution in [0.15, 0.2) is 29.3 Å². The molecule has 1 aromatic carbocycles. The van der Waals surface area contributed by atoms with Crippen molar-refractivity contribution in [2.45, 2.75) is 56.2 Å². The molecule has 2 aliphatic rings. The van der Waals surface area contributed by atoms with E-state index in [0.29, 0.717) is 38.6 Å². The fourth-order valence-electron chi connectivity index (χ4n) is 4.40. The molecule has 8 heteroatoms. The third-order valence-electron chi connectivity index (χ3n) is 6.24. The summed E-state index contributed by atoms with van der Waals surface area (Å²) in [5.41, 5.74) is 0.931. The molecular weight excluding hydrogens is 403 g/mol. The predicted octanol–water partition coefficient (Wildman–Crippen LogP) is 4.67. The van der Waals surface area contributed by atoms with Crippen LogP contribution in [0.4, 0.5) is 13.2 Å². The van der Waals surface area contributed by atoms with Gasteiger partial charge in [-0.2, -0.15) is 13.2 Å². The number of nitrogens with one attached hydrogen (secondary N) is 2. The van der Waals surface area contributed by atoms with Crippen molar-refractivity contribution in [1.29, 1.82) is 0 Å². The quantitative estimate of drug-likeness (QED) is 0.537. The molecule has 1 heterocycles. The van der Waals surface area contributed by atoms with Crippen molar-refractivity contribution in [3.8, 4) is 0 Å². The van der Waals surface area contributed by atoms with Crippen LogP contribution in [0.3, 0.4) is 0 Å². The van der Waals surface area contributed by atoms with E-state index < -0.39 is 12.1 Å². The van der Waals surface area contributed by atoms with E-state index >= 15 is 0 Å². The highest BCUT2D eigenvalue weighted by atomic mass is 35.5. The predicted molar refractivity (Wildman–Crippen MR) is 109 cm³/mol. The van der Waals surface area contributed by atoms with Gasteiger partial charge in [0.15, 0.2) is 5.96 Å². The van der Waals surface area contributed by atoms with Gasteiger partial charge in [0, 0.05) is 43.3 Å². The molecule has 0 amide bonds. The first-order valence-electron chi connectivity index (χ1n) is 10.2. The van der Waals surface area contributed by atoms with E-state index in [0.717, 1.165) is 23.4 Å². The lowest BCUT2D eigenvalue weighted by Crippen LogP contribution is -2.51. The molecule has 1 saturated carbocycles. The molecule has 0 atom stereocenters. The number of benzene rings is 1. The monoisotopic (exact) mass is 431 g/mol. The Morgan fingerprint density at radius 2 is 1.83 bits per heavy atom. The molecule has 0 unspecified atom stereocenters. The van der Waals surface area contributed by atoms with Crippen LogP contribution < -0.4 is 10.6 Å². The summed E-state index contributed by atoms with van der Waals surface area (Å²) < 4.78 is 44.2. The SMILES string of the molecule is CN=C(NCC1(c2ccccc2Cl)CCOCC1)NC1CCC(C(F)(F)F)CC1. The second-order valence-electron chi connectivity index (χ2n) is 8.03. The molecule has 29 heavy (non-hydrogen) atoms. The Morgan fingerprint density at radius 3 is 2.41 bits per heavy atom. The minimum Gasteiger partial charge on any atom is -0.381 e. The zero-order chi connectivity index (χ0) is 20.9. The van der Waals surface area contributed by atoms with Crippen LogP contribution >= 0.6 is 11.6 Å². The average Bonchev–Trinajstić information content (AvgIpc) is 2.72. The number of halogens is 4. The maximum atomic E-state index is 12.9. The minimum atomic E-state index is -4.09. The van der Waals surface area contributed by atoms with Gasteiger partial charge < -0.3 is 15.4 Å². The Kier molecular flexibility index (Phi) is 7.32. The molecule has 3 rings (SSSR count). The normalized spacial score (nSPS) is 25.5. The van der Waals surface area contributed by atoms with Gasteiger partial charge in [-0.05, 0) is 50.2 Å². The Labute approximate surface area is 175 Å². The van der Waals surface area contributed by atoms with Crippen molar-refractivity contribution in [2.24, 2.45) is 10.9 Å². The fourth-order valence-corrected chi connectivity index (χ4v) is 4.74. The number of aliphatic imine (C=N–C) groups is 1. The number of guanidine groups is 1. The molecule has 162 valence electrons. The van der Waals surface area contributed by atoms with E-state index in [1.54, 1.807) is 7.05 Å². The van der Waals surface area contributed by atoms with Crippen molar-refractivity contribution in [3.05, 3.63) is 34.9 Å². The Bertz CT molecular complexity index is 697. The first-order valence-corrected chi connectivity index (χ1v) is 10.6. The first kappa shape index (κ1) is 22.2. The van der Waals surface area contributed by atoms with Crippen molar-refractivity contribution >= 4 is 17.6 Å². The lowest BCUT2D eigenvalue weighted by molar-refractivity contribution is -0.182. The van der Waals surface area contributed by atoms with Crippen LogP contribution in [0.2, 0.25) is 5.02 Å². The Hall–Kier alpha value is -1.47. The van der Waals surface area contributed by atoms with E-state index in [1.165, 1.54) is 0 Å². The molecule has 2 fully saturated rings. The number of hydrogen-bond donors (Lipinski definition) is 2. The number of ether oxygens (including phenoxy) is 1. The zero-order valence-corrected chi connectivity index (χ0v) is 17.5. The number of rotatable bonds is 4. The van der Waals surface area contributed by atoms with Crippen molar-refractivity contribution in [3.63, 3.8) is 0 Å². The minimum absolute atomic E-state index is 0.00533. The van der Waals surface area contributed by atoms with Gasteiger partial charge >= 0.3 is 6.18 Å². The molecule has 0 radical (unpaired) electrons. The van der Waals surface area contributed by atoms with Gasteiger partial charge in [-0.1, -0.05) is 29.8 Å². The first-order chi connectivity index (χ1) is 13.8. The lowest BCUT2D eigenvalue weighted by atomic mass is 9.74. The van der Waals surface area contributed by atoms with Crippen LogP contribution in [0.5, 0.6) is 0 Å². The van der Waals surface area contributed by atoms with Crippen LogP contribution in [0.1, 0.15) is 44.1 Å². The molecule has 1 aliphatic heterocycles. The van der Waals surface area contributed by atoms with Crippen molar-refractivity contribution in [2.75, 3.05) is 26.8 Å². The van der Waals surface area contributed by atoms with E-state index in [1.807, 2.05) is 18.2 Å². The Balaban J connectivity index is 1.61. The van der Waals surface area contributed by atoms with E-state index in [2.05, 4.69) is 21.7 Å². The van der Waals surface area contributed by atoms with Crippen LogP contribution in [-0.4, -0.2) is 45.0 Å². The number of alkyl halides is 3. The maximum Gasteiger partial charge on any atom is 0.391 e. The summed E-state index contributed by atoms with van der Waals surface area (Å²) in [6.45, 7) is 1.97. The molecule has 1 aromatic rings. The van der Waals surface area contributed by atoms with Gasteiger partial charge in [-0.15, -0.1) is 0 Å². The smallest absolute Gasteiger partial charge is 0.381 e. The molecule has 0 spiro atoms. The van der Waals surface area contributed by atoms with E-state index in [4.69, 9.17) is 16.3 Å². The number of hydrogen-bond acceptors (Lipinski definition) is 2. The van der Waals surface area contributed by atoms with Gasteiger partial charge in [0.2, 0.25) is 0 Å². The molecule has 1 saturated heterocycles. The van der Waals surface area contributed by atoms with Gasteiger partial charge in [-0.25, -0.2) is 0 Å². The van der Waals surface area contributed by atoms with Gasteiger partial charge in [0.05, 0.1) is 5.92 Å². The lowest BCUT2D eigenvalue weighted by Gasteiger charge is -2.39. The number of nitrogens with zero attached hydrogens (tertiary/aromatic N) is 1. The van der Waals surface area contributed by atoms with Crippen molar-refractivity contribution in [1.82, 2.24) is 10.6 Å². The molecule has 0 bridgehead atoms. The summed E-state index contributed by atoms with van der Waals surface area (Å²) >= 11 is 6.50. The van der Waals surface area contributed by atoms with E-state index in [9.17, 15) is 13.2 Å². The summed E-state index contributed by atoms with van der Waals surface area (Å²) in [6, 6.07) is 7.88. The van der Waals surface area contributed by atoms with Gasteiger partial charge in [0.1, 0.15) is 0 Å². The third-order valence-corrected chi connectivity index (χ3v) is 6.57.